The number of para-hydroxylation sites is 1. The van der Waals surface area contributed by atoms with E-state index in [2.05, 4.69) is 39.5 Å². The van der Waals surface area contributed by atoms with Gasteiger partial charge in [0.25, 0.3) is 5.91 Å². The van der Waals surface area contributed by atoms with Crippen molar-refractivity contribution in [2.45, 2.75) is 13.0 Å². The van der Waals surface area contributed by atoms with Gasteiger partial charge in [0.15, 0.2) is 4.77 Å². The molecule has 150 valence electrons. The predicted octanol–water partition coefficient (Wildman–Crippen LogP) is 3.86. The van der Waals surface area contributed by atoms with Gasteiger partial charge in [-0.1, -0.05) is 30.3 Å². The van der Waals surface area contributed by atoms with Gasteiger partial charge in [-0.05, 0) is 49.0 Å². The Labute approximate surface area is 175 Å². The number of nitrogens with one attached hydrogen (secondary N) is 2. The van der Waals surface area contributed by atoms with Gasteiger partial charge in [0.05, 0.1) is 19.3 Å². The molecule has 4 rings (SSSR count). The number of aromatic amines is 1. The van der Waals surface area contributed by atoms with Crippen molar-refractivity contribution in [2.75, 3.05) is 31.2 Å². The summed E-state index contributed by atoms with van der Waals surface area (Å²) in [5.74, 6) is -0.175. The Morgan fingerprint density at radius 3 is 2.45 bits per heavy atom. The molecule has 0 unspecified atom stereocenters. The summed E-state index contributed by atoms with van der Waals surface area (Å²) >= 11 is 5.37. The number of nitrogens with zero attached hydrogens (tertiary/aromatic N) is 2. The molecule has 1 aromatic heterocycles. The van der Waals surface area contributed by atoms with Crippen molar-refractivity contribution in [2.24, 2.45) is 0 Å². The number of hydrogen-bond donors (Lipinski definition) is 2. The van der Waals surface area contributed by atoms with Crippen LogP contribution in [0, 0.1) is 4.77 Å². The average Bonchev–Trinajstić information content (AvgIpc) is 3.16. The minimum Gasteiger partial charge on any atom is -0.378 e. The van der Waals surface area contributed by atoms with E-state index in [1.54, 1.807) is 10.8 Å². The lowest BCUT2D eigenvalue weighted by Gasteiger charge is -2.29. The van der Waals surface area contributed by atoms with Crippen molar-refractivity contribution in [1.82, 2.24) is 14.9 Å². The SMILES string of the molecule is C[C@H](NC(=O)c1c[nH]c(=S)n1-c1ccccc1)c1ccc(N2CCOCC2)cc1. The molecule has 1 atom stereocenters. The number of benzene rings is 2. The highest BCUT2D eigenvalue weighted by Gasteiger charge is 2.18. The van der Waals surface area contributed by atoms with Gasteiger partial charge < -0.3 is 19.9 Å². The maximum atomic E-state index is 12.9. The Bertz CT molecular complexity index is 1020. The van der Waals surface area contributed by atoms with Gasteiger partial charge in [0.1, 0.15) is 5.69 Å². The standard InChI is InChI=1S/C22H24N4O2S/c1-16(17-7-9-18(10-8-17)25-11-13-28-14-12-25)24-21(27)20-15-23-22(29)26(20)19-5-3-2-4-6-19/h2-10,15-16H,11-14H2,1H3,(H,23,29)(H,24,27)/t16-/m0/s1. The molecule has 1 aliphatic heterocycles. The monoisotopic (exact) mass is 408 g/mol. The minimum absolute atomic E-state index is 0.131. The summed E-state index contributed by atoms with van der Waals surface area (Å²) in [6.07, 6.45) is 1.65. The fraction of sp³-hybridized carbons (Fsp3) is 0.273. The van der Waals surface area contributed by atoms with E-state index in [0.29, 0.717) is 10.5 Å². The highest BCUT2D eigenvalue weighted by atomic mass is 32.1. The van der Waals surface area contributed by atoms with Crippen LogP contribution in [-0.4, -0.2) is 41.8 Å². The van der Waals surface area contributed by atoms with Crippen LogP contribution in [0.1, 0.15) is 29.0 Å². The van der Waals surface area contributed by atoms with Crippen LogP contribution >= 0.6 is 12.2 Å². The third kappa shape index (κ3) is 4.26. The summed E-state index contributed by atoms with van der Waals surface area (Å²) in [7, 11) is 0. The molecular formula is C22H24N4O2S. The molecule has 7 heteroatoms. The molecule has 29 heavy (non-hydrogen) atoms. The third-order valence-electron chi connectivity index (χ3n) is 5.14. The first kappa shape index (κ1) is 19.4. The number of imidazole rings is 1. The number of rotatable bonds is 5. The maximum Gasteiger partial charge on any atom is 0.270 e. The predicted molar refractivity (Wildman–Crippen MR) is 116 cm³/mol. The molecule has 0 bridgehead atoms. The van der Waals surface area contributed by atoms with E-state index in [4.69, 9.17) is 17.0 Å². The van der Waals surface area contributed by atoms with Crippen molar-refractivity contribution in [1.29, 1.82) is 0 Å². The fourth-order valence-electron chi connectivity index (χ4n) is 3.52. The van der Waals surface area contributed by atoms with E-state index < -0.39 is 0 Å². The van der Waals surface area contributed by atoms with Gasteiger partial charge in [-0.15, -0.1) is 0 Å². The van der Waals surface area contributed by atoms with Crippen molar-refractivity contribution >= 4 is 23.8 Å². The Morgan fingerprint density at radius 2 is 1.76 bits per heavy atom. The first-order chi connectivity index (χ1) is 14.1. The molecule has 1 fully saturated rings. The van der Waals surface area contributed by atoms with Gasteiger partial charge in [-0.3, -0.25) is 9.36 Å². The average molecular weight is 409 g/mol. The number of anilines is 1. The van der Waals surface area contributed by atoms with Gasteiger partial charge in [-0.2, -0.15) is 0 Å². The number of aromatic nitrogens is 2. The van der Waals surface area contributed by atoms with E-state index in [9.17, 15) is 4.79 Å². The highest BCUT2D eigenvalue weighted by Crippen LogP contribution is 2.21. The van der Waals surface area contributed by atoms with E-state index in [1.807, 2.05) is 37.3 Å². The molecule has 3 aromatic rings. The van der Waals surface area contributed by atoms with E-state index in [1.165, 1.54) is 5.69 Å². The molecular weight excluding hydrogens is 384 g/mol. The van der Waals surface area contributed by atoms with E-state index in [-0.39, 0.29) is 11.9 Å². The van der Waals surface area contributed by atoms with Crippen LogP contribution in [0.2, 0.25) is 0 Å². The molecule has 1 saturated heterocycles. The normalized spacial score (nSPS) is 15.1. The van der Waals surface area contributed by atoms with Crippen molar-refractivity contribution in [3.05, 3.63) is 76.8 Å². The molecule has 0 saturated carbocycles. The zero-order chi connectivity index (χ0) is 20.2. The second-order valence-corrected chi connectivity index (χ2v) is 7.42. The van der Waals surface area contributed by atoms with Crippen LogP contribution in [0.4, 0.5) is 5.69 Å². The van der Waals surface area contributed by atoms with Crippen molar-refractivity contribution in [3.63, 3.8) is 0 Å². The van der Waals surface area contributed by atoms with Crippen LogP contribution in [0.15, 0.2) is 60.8 Å². The smallest absolute Gasteiger partial charge is 0.270 e. The first-order valence-electron chi connectivity index (χ1n) is 9.73. The molecule has 1 amide bonds. The topological polar surface area (TPSA) is 62.3 Å². The van der Waals surface area contributed by atoms with Crippen LogP contribution < -0.4 is 10.2 Å². The van der Waals surface area contributed by atoms with Crippen LogP contribution in [-0.2, 0) is 4.74 Å². The second-order valence-electron chi connectivity index (χ2n) is 7.04. The Morgan fingerprint density at radius 1 is 1.07 bits per heavy atom. The Hall–Kier alpha value is -2.90. The second kappa shape index (κ2) is 8.63. The number of ether oxygens (including phenoxy) is 1. The van der Waals surface area contributed by atoms with Crippen LogP contribution in [0.25, 0.3) is 5.69 Å². The quantitative estimate of drug-likeness (QED) is 0.630. The van der Waals surface area contributed by atoms with Gasteiger partial charge in [-0.25, -0.2) is 0 Å². The number of carbonyl (C=O) groups is 1. The molecule has 1 aliphatic rings. The summed E-state index contributed by atoms with van der Waals surface area (Å²) in [6, 6.07) is 17.8. The molecule has 2 aromatic carbocycles. The molecule has 2 heterocycles. The fourth-order valence-corrected chi connectivity index (χ4v) is 3.78. The van der Waals surface area contributed by atoms with Crippen LogP contribution in [0.3, 0.4) is 0 Å². The number of morpholine rings is 1. The molecule has 6 nitrogen and oxygen atoms in total. The van der Waals surface area contributed by atoms with E-state index >= 15 is 0 Å². The summed E-state index contributed by atoms with van der Waals surface area (Å²) in [6.45, 7) is 5.31. The maximum absolute atomic E-state index is 12.9. The van der Waals surface area contributed by atoms with Crippen molar-refractivity contribution in [3.8, 4) is 5.69 Å². The molecule has 2 N–H and O–H groups in total. The number of carbonyl (C=O) groups excluding carboxylic acids is 1. The lowest BCUT2D eigenvalue weighted by atomic mass is 10.1. The zero-order valence-electron chi connectivity index (χ0n) is 16.3. The molecule has 0 spiro atoms. The lowest BCUT2D eigenvalue weighted by molar-refractivity contribution is 0.0933. The van der Waals surface area contributed by atoms with Crippen molar-refractivity contribution < 1.29 is 9.53 Å². The van der Waals surface area contributed by atoms with Gasteiger partial charge >= 0.3 is 0 Å². The van der Waals surface area contributed by atoms with Crippen LogP contribution in [0.5, 0.6) is 0 Å². The van der Waals surface area contributed by atoms with E-state index in [0.717, 1.165) is 37.6 Å². The highest BCUT2D eigenvalue weighted by molar-refractivity contribution is 7.71. The summed E-state index contributed by atoms with van der Waals surface area (Å²) in [5.41, 5.74) is 3.57. The first-order valence-corrected chi connectivity index (χ1v) is 10.1. The Kier molecular flexibility index (Phi) is 5.78. The number of H-pyrrole nitrogens is 1. The minimum atomic E-state index is -0.175. The Balaban J connectivity index is 1.48. The number of hydrogen-bond acceptors (Lipinski definition) is 4. The summed E-state index contributed by atoms with van der Waals surface area (Å²) in [5, 5.41) is 3.08. The zero-order valence-corrected chi connectivity index (χ0v) is 17.1. The lowest BCUT2D eigenvalue weighted by Crippen LogP contribution is -2.36. The summed E-state index contributed by atoms with van der Waals surface area (Å²) < 4.78 is 7.65. The van der Waals surface area contributed by atoms with Gasteiger partial charge in [0, 0.05) is 30.7 Å². The molecule has 0 aliphatic carbocycles. The van der Waals surface area contributed by atoms with Gasteiger partial charge in [0.2, 0.25) is 0 Å². The third-order valence-corrected chi connectivity index (χ3v) is 5.44. The molecule has 0 radical (unpaired) electrons. The number of amides is 1. The largest absolute Gasteiger partial charge is 0.378 e. The summed E-state index contributed by atoms with van der Waals surface area (Å²) in [4.78, 5) is 18.2.